The molecular formula is C21H26N4O5S2. The number of nitrogens with one attached hydrogen (secondary N) is 1. The van der Waals surface area contributed by atoms with Crippen LogP contribution in [0.2, 0.25) is 0 Å². The Hall–Kier alpha value is -2.63. The van der Waals surface area contributed by atoms with E-state index in [0.29, 0.717) is 24.4 Å². The quantitative estimate of drug-likeness (QED) is 0.558. The molecule has 1 atom stereocenters. The summed E-state index contributed by atoms with van der Waals surface area (Å²) in [5.74, 6) is 0.694. The number of anilines is 1. The highest BCUT2D eigenvalue weighted by atomic mass is 32.2. The fourth-order valence-electron chi connectivity index (χ4n) is 3.89. The molecule has 0 radical (unpaired) electrons. The van der Waals surface area contributed by atoms with E-state index in [-0.39, 0.29) is 17.2 Å². The number of nitrogens with zero attached hydrogens (tertiary/aromatic N) is 3. The summed E-state index contributed by atoms with van der Waals surface area (Å²) in [7, 11) is -7.19. The maximum atomic E-state index is 12.9. The summed E-state index contributed by atoms with van der Waals surface area (Å²) in [5, 5.41) is 4.48. The number of furan rings is 1. The second-order valence-electron chi connectivity index (χ2n) is 7.84. The monoisotopic (exact) mass is 478 g/mol. The Balaban J connectivity index is 1.54. The summed E-state index contributed by atoms with van der Waals surface area (Å²) in [4.78, 5) is 0.0576. The molecule has 0 spiro atoms. The van der Waals surface area contributed by atoms with Crippen molar-refractivity contribution in [2.24, 2.45) is 0 Å². The van der Waals surface area contributed by atoms with E-state index in [2.05, 4.69) is 9.82 Å². The lowest BCUT2D eigenvalue weighted by molar-refractivity contribution is 0.397. The van der Waals surface area contributed by atoms with Crippen molar-refractivity contribution in [2.75, 3.05) is 23.1 Å². The minimum atomic E-state index is -3.84. The van der Waals surface area contributed by atoms with E-state index in [1.807, 2.05) is 19.9 Å². The van der Waals surface area contributed by atoms with Gasteiger partial charge < -0.3 is 4.42 Å². The van der Waals surface area contributed by atoms with Gasteiger partial charge >= 0.3 is 0 Å². The van der Waals surface area contributed by atoms with Crippen molar-refractivity contribution in [3.63, 3.8) is 0 Å². The van der Waals surface area contributed by atoms with Gasteiger partial charge in [0, 0.05) is 18.8 Å². The van der Waals surface area contributed by atoms with Crippen molar-refractivity contribution in [3.8, 4) is 0 Å². The summed E-state index contributed by atoms with van der Waals surface area (Å²) in [5.41, 5.74) is 2.18. The Bertz CT molecular complexity index is 1280. The van der Waals surface area contributed by atoms with Gasteiger partial charge in [-0.25, -0.2) is 21.6 Å². The molecule has 32 heavy (non-hydrogen) atoms. The van der Waals surface area contributed by atoms with E-state index >= 15 is 0 Å². The van der Waals surface area contributed by atoms with E-state index in [1.54, 1.807) is 16.8 Å². The first-order valence-corrected chi connectivity index (χ1v) is 13.4. The Kier molecular flexibility index (Phi) is 6.15. The van der Waals surface area contributed by atoms with Gasteiger partial charge in [-0.2, -0.15) is 5.10 Å². The van der Waals surface area contributed by atoms with Crippen LogP contribution in [0.5, 0.6) is 0 Å². The first-order chi connectivity index (χ1) is 15.2. The van der Waals surface area contributed by atoms with Gasteiger partial charge in [0.25, 0.3) is 0 Å². The zero-order chi connectivity index (χ0) is 22.9. The van der Waals surface area contributed by atoms with Crippen molar-refractivity contribution >= 4 is 25.7 Å². The number of benzene rings is 1. The fourth-order valence-corrected chi connectivity index (χ4v) is 6.57. The lowest BCUT2D eigenvalue weighted by atomic mass is 10.2. The third-order valence-corrected chi connectivity index (χ3v) is 8.77. The molecule has 1 fully saturated rings. The molecule has 0 saturated carbocycles. The van der Waals surface area contributed by atoms with Gasteiger partial charge in [0.15, 0.2) is 0 Å². The van der Waals surface area contributed by atoms with Gasteiger partial charge in [-0.05, 0) is 69.2 Å². The highest BCUT2D eigenvalue weighted by molar-refractivity contribution is 7.92. The molecule has 1 unspecified atom stereocenters. The van der Waals surface area contributed by atoms with E-state index in [9.17, 15) is 16.8 Å². The molecule has 1 saturated heterocycles. The molecule has 0 amide bonds. The molecule has 1 aliphatic rings. The van der Waals surface area contributed by atoms with Crippen molar-refractivity contribution < 1.29 is 21.3 Å². The minimum absolute atomic E-state index is 0.0417. The molecule has 0 bridgehead atoms. The Morgan fingerprint density at radius 3 is 2.50 bits per heavy atom. The van der Waals surface area contributed by atoms with Crippen LogP contribution in [0, 0.1) is 13.8 Å². The van der Waals surface area contributed by atoms with E-state index < -0.39 is 26.1 Å². The second-order valence-corrected chi connectivity index (χ2v) is 11.6. The molecule has 1 aliphatic heterocycles. The topological polar surface area (TPSA) is 115 Å². The number of aromatic nitrogens is 2. The summed E-state index contributed by atoms with van der Waals surface area (Å²) >= 11 is 0. The lowest BCUT2D eigenvalue weighted by Crippen LogP contribution is -2.37. The summed E-state index contributed by atoms with van der Waals surface area (Å²) in [6, 6.07) is 10.9. The van der Waals surface area contributed by atoms with Gasteiger partial charge in [0.1, 0.15) is 11.8 Å². The number of hydrogen-bond acceptors (Lipinski definition) is 6. The third-order valence-electron chi connectivity index (χ3n) is 5.46. The first kappa shape index (κ1) is 22.6. The van der Waals surface area contributed by atoms with E-state index in [1.165, 1.54) is 34.8 Å². The van der Waals surface area contributed by atoms with E-state index in [0.717, 1.165) is 17.8 Å². The van der Waals surface area contributed by atoms with E-state index in [4.69, 9.17) is 4.42 Å². The molecule has 4 rings (SSSR count). The normalized spacial score (nSPS) is 17.4. The van der Waals surface area contributed by atoms with Crippen LogP contribution in [0.3, 0.4) is 0 Å². The molecule has 1 N–H and O–H groups in total. The molecule has 1 aromatic carbocycles. The largest absolute Gasteiger partial charge is 0.467 e. The summed E-state index contributed by atoms with van der Waals surface area (Å²) in [6.07, 6.45) is 2.96. The van der Waals surface area contributed by atoms with Crippen molar-refractivity contribution in [1.82, 2.24) is 14.5 Å². The zero-order valence-corrected chi connectivity index (χ0v) is 19.6. The van der Waals surface area contributed by atoms with Crippen LogP contribution in [-0.2, 0) is 20.0 Å². The van der Waals surface area contributed by atoms with Crippen LogP contribution >= 0.6 is 0 Å². The Morgan fingerprint density at radius 2 is 1.91 bits per heavy atom. The fraction of sp³-hybridized carbons (Fsp3) is 0.381. The SMILES string of the molecule is Cc1cc(C)n(C(CNS(=O)(=O)c2ccc(N3CCCCS3(=O)=O)cc2)c2ccco2)n1. The Labute approximate surface area is 188 Å². The highest BCUT2D eigenvalue weighted by Crippen LogP contribution is 2.25. The van der Waals surface area contributed by atoms with Gasteiger partial charge in [0.05, 0.1) is 28.3 Å². The van der Waals surface area contributed by atoms with Gasteiger partial charge in [-0.1, -0.05) is 0 Å². The maximum Gasteiger partial charge on any atom is 0.240 e. The number of sulfonamides is 2. The van der Waals surface area contributed by atoms with Gasteiger partial charge in [-0.3, -0.25) is 8.99 Å². The number of hydrogen-bond donors (Lipinski definition) is 1. The van der Waals surface area contributed by atoms with Crippen molar-refractivity contribution in [3.05, 3.63) is 65.9 Å². The summed E-state index contributed by atoms with van der Waals surface area (Å²) in [6.45, 7) is 4.22. The smallest absolute Gasteiger partial charge is 0.240 e. The van der Waals surface area contributed by atoms with Crippen LogP contribution < -0.4 is 9.03 Å². The number of aryl methyl sites for hydroxylation is 2. The van der Waals surface area contributed by atoms with Crippen LogP contribution in [-0.4, -0.2) is 45.5 Å². The molecule has 2 aromatic heterocycles. The molecule has 3 heterocycles. The Morgan fingerprint density at radius 1 is 1.16 bits per heavy atom. The minimum Gasteiger partial charge on any atom is -0.467 e. The first-order valence-electron chi connectivity index (χ1n) is 10.3. The summed E-state index contributed by atoms with van der Waals surface area (Å²) < 4.78 is 61.7. The zero-order valence-electron chi connectivity index (χ0n) is 17.9. The third kappa shape index (κ3) is 4.59. The molecule has 0 aliphatic carbocycles. The molecule has 11 heteroatoms. The number of rotatable bonds is 7. The van der Waals surface area contributed by atoms with Crippen LogP contribution in [0.25, 0.3) is 0 Å². The van der Waals surface area contributed by atoms with Gasteiger partial charge in [-0.15, -0.1) is 0 Å². The maximum absolute atomic E-state index is 12.9. The van der Waals surface area contributed by atoms with Crippen LogP contribution in [0.4, 0.5) is 5.69 Å². The average Bonchev–Trinajstić information content (AvgIpc) is 3.38. The van der Waals surface area contributed by atoms with Gasteiger partial charge in [0.2, 0.25) is 20.0 Å². The predicted octanol–water partition coefficient (Wildman–Crippen LogP) is 2.59. The van der Waals surface area contributed by atoms with Crippen LogP contribution in [0.1, 0.15) is 36.0 Å². The van der Waals surface area contributed by atoms with Crippen molar-refractivity contribution in [2.45, 2.75) is 37.6 Å². The molecule has 172 valence electrons. The predicted molar refractivity (Wildman–Crippen MR) is 121 cm³/mol. The second kappa shape index (κ2) is 8.72. The van der Waals surface area contributed by atoms with Crippen LogP contribution in [0.15, 0.2) is 58.0 Å². The lowest BCUT2D eigenvalue weighted by Gasteiger charge is -2.28. The molecule has 9 nitrogen and oxygen atoms in total. The standard InChI is InChI=1S/C21H26N4O5S2/c1-16-14-17(2)25(23-16)20(21-6-5-12-30-21)15-22-32(28,29)19-9-7-18(8-10-19)24-11-3-4-13-31(24,26)27/h5-10,12,14,20,22H,3-4,11,13,15H2,1-2H3. The molecular weight excluding hydrogens is 452 g/mol. The average molecular weight is 479 g/mol. The molecule has 3 aromatic rings. The van der Waals surface area contributed by atoms with Crippen molar-refractivity contribution in [1.29, 1.82) is 0 Å². The highest BCUT2D eigenvalue weighted by Gasteiger charge is 2.27.